The zero-order chi connectivity index (χ0) is 17.7. The molecule has 0 radical (unpaired) electrons. The monoisotopic (exact) mass is 346 g/mol. The van der Waals surface area contributed by atoms with Crippen molar-refractivity contribution in [2.45, 2.75) is 11.9 Å². The van der Waals surface area contributed by atoms with E-state index in [4.69, 9.17) is 11.5 Å². The summed E-state index contributed by atoms with van der Waals surface area (Å²) >= 11 is -1.20. The van der Waals surface area contributed by atoms with Gasteiger partial charge in [0.05, 0.1) is 11.4 Å². The molecule has 2 aromatic rings. The van der Waals surface area contributed by atoms with Crippen LogP contribution in [-0.4, -0.2) is 26.7 Å². The van der Waals surface area contributed by atoms with Crippen molar-refractivity contribution >= 4 is 40.1 Å². The zero-order valence-corrected chi connectivity index (χ0v) is 14.1. The lowest BCUT2D eigenvalue weighted by atomic mass is 10.1. The molecule has 2 aromatic heterocycles. The van der Waals surface area contributed by atoms with Gasteiger partial charge in [0.1, 0.15) is 17.9 Å². The first-order valence-corrected chi connectivity index (χ1v) is 8.49. The van der Waals surface area contributed by atoms with Crippen LogP contribution in [0.2, 0.25) is 0 Å². The fourth-order valence-electron chi connectivity index (χ4n) is 1.91. The predicted molar refractivity (Wildman–Crippen MR) is 94.7 cm³/mol. The summed E-state index contributed by atoms with van der Waals surface area (Å²) in [7, 11) is 0. The molecule has 0 spiro atoms. The highest BCUT2D eigenvalue weighted by atomic mass is 32.2. The van der Waals surface area contributed by atoms with Crippen molar-refractivity contribution in [2.24, 2.45) is 11.5 Å². The number of nitrogens with one attached hydrogen (secondary N) is 2. The average Bonchev–Trinajstić information content (AvgIpc) is 2.54. The number of amides is 1. The van der Waals surface area contributed by atoms with Gasteiger partial charge in [-0.15, -0.1) is 0 Å². The van der Waals surface area contributed by atoms with E-state index in [2.05, 4.69) is 20.6 Å². The Morgan fingerprint density at radius 3 is 2.75 bits per heavy atom. The summed E-state index contributed by atoms with van der Waals surface area (Å²) in [5.41, 5.74) is 12.8. The van der Waals surface area contributed by atoms with Crippen molar-refractivity contribution in [3.63, 3.8) is 0 Å². The normalized spacial score (nSPS) is 12.5. The molecule has 126 valence electrons. The maximum atomic E-state index is 11.6. The molecule has 0 aliphatic heterocycles. The number of anilines is 3. The van der Waals surface area contributed by atoms with Gasteiger partial charge < -0.3 is 26.7 Å². The van der Waals surface area contributed by atoms with Crippen LogP contribution in [0.4, 0.5) is 17.3 Å². The standard InChI is InChI=1S/C15H18N6O2S/c1-9(22)19-14-6-12(10(8-18-14)11(17)7-16)20-13-4-3-5-15(21-13)24(2)23/h3-8H,16-17H2,1-2H3,(H2,18,19,20,21,22)/b11-7-. The van der Waals surface area contributed by atoms with E-state index in [1.807, 2.05) is 0 Å². The Bertz CT molecular complexity index is 778. The molecule has 0 fully saturated rings. The lowest BCUT2D eigenvalue weighted by Crippen LogP contribution is -2.10. The van der Waals surface area contributed by atoms with Gasteiger partial charge in [-0.3, -0.25) is 4.79 Å². The Balaban J connectivity index is 2.42. The number of nitrogens with two attached hydrogens (primary N) is 2. The molecule has 1 amide bonds. The van der Waals surface area contributed by atoms with E-state index in [0.29, 0.717) is 33.6 Å². The molecule has 1 unspecified atom stereocenters. The third-order valence-electron chi connectivity index (χ3n) is 2.98. The second-order valence-electron chi connectivity index (χ2n) is 4.86. The molecule has 0 aliphatic carbocycles. The van der Waals surface area contributed by atoms with Crippen LogP contribution in [0.3, 0.4) is 0 Å². The Labute approximate surface area is 142 Å². The molecule has 0 saturated carbocycles. The van der Waals surface area contributed by atoms with Gasteiger partial charge in [0, 0.05) is 48.2 Å². The van der Waals surface area contributed by atoms with Crippen molar-refractivity contribution in [3.8, 4) is 0 Å². The van der Waals surface area contributed by atoms with E-state index in [0.717, 1.165) is 0 Å². The summed E-state index contributed by atoms with van der Waals surface area (Å²) < 4.78 is 11.6. The quantitative estimate of drug-likeness (QED) is 0.594. The minimum atomic E-state index is -1.20. The summed E-state index contributed by atoms with van der Waals surface area (Å²) in [5, 5.41) is 6.12. The van der Waals surface area contributed by atoms with Crippen molar-refractivity contribution in [3.05, 3.63) is 42.2 Å². The van der Waals surface area contributed by atoms with E-state index < -0.39 is 11.2 Å². The van der Waals surface area contributed by atoms with E-state index >= 15 is 0 Å². The molecule has 1 atom stereocenters. The van der Waals surface area contributed by atoms with E-state index in [9.17, 15) is 9.35 Å². The third kappa shape index (κ3) is 4.37. The van der Waals surface area contributed by atoms with Crippen molar-refractivity contribution < 1.29 is 9.35 Å². The van der Waals surface area contributed by atoms with Crippen LogP contribution < -0.4 is 22.1 Å². The van der Waals surface area contributed by atoms with Gasteiger partial charge in [-0.1, -0.05) is 6.07 Å². The van der Waals surface area contributed by atoms with E-state index in [-0.39, 0.29) is 5.91 Å². The van der Waals surface area contributed by atoms with E-state index in [1.165, 1.54) is 19.3 Å². The molecule has 9 heteroatoms. The molecule has 2 heterocycles. The SMILES string of the molecule is CC(=O)Nc1cc(Nc2cccc([S+](C)[O-])n2)c(/C(N)=C/N)cn1. The number of carbonyl (C=O) groups is 1. The Morgan fingerprint density at radius 1 is 1.38 bits per heavy atom. The predicted octanol–water partition coefficient (Wildman–Crippen LogP) is 1.13. The number of hydrogen-bond donors (Lipinski definition) is 4. The number of carbonyl (C=O) groups excluding carboxylic acids is 1. The second kappa shape index (κ2) is 7.66. The minimum absolute atomic E-state index is 0.245. The molecule has 8 nitrogen and oxygen atoms in total. The Hall–Kier alpha value is -2.78. The molecule has 0 aromatic carbocycles. The zero-order valence-electron chi connectivity index (χ0n) is 13.2. The van der Waals surface area contributed by atoms with Gasteiger partial charge in [-0.25, -0.2) is 4.98 Å². The number of pyridine rings is 2. The van der Waals surface area contributed by atoms with Gasteiger partial charge in [0.2, 0.25) is 10.9 Å². The first kappa shape index (κ1) is 17.6. The second-order valence-corrected chi connectivity index (χ2v) is 6.19. The van der Waals surface area contributed by atoms with Crippen molar-refractivity contribution in [2.75, 3.05) is 16.9 Å². The molecule has 0 bridgehead atoms. The van der Waals surface area contributed by atoms with Gasteiger partial charge in [0.15, 0.2) is 0 Å². The highest BCUT2D eigenvalue weighted by Crippen LogP contribution is 2.26. The average molecular weight is 346 g/mol. The largest absolute Gasteiger partial charge is 0.610 e. The Morgan fingerprint density at radius 2 is 2.12 bits per heavy atom. The van der Waals surface area contributed by atoms with E-state index in [1.54, 1.807) is 30.5 Å². The molecular weight excluding hydrogens is 328 g/mol. The van der Waals surface area contributed by atoms with Gasteiger partial charge in [-0.05, 0) is 6.07 Å². The number of hydrogen-bond acceptors (Lipinski definition) is 7. The van der Waals surface area contributed by atoms with Crippen molar-refractivity contribution in [1.82, 2.24) is 9.97 Å². The fraction of sp³-hybridized carbons (Fsp3) is 0.133. The van der Waals surface area contributed by atoms with Gasteiger partial charge in [-0.2, -0.15) is 4.98 Å². The third-order valence-corrected chi connectivity index (χ3v) is 3.80. The fourth-order valence-corrected chi connectivity index (χ4v) is 2.41. The molecule has 24 heavy (non-hydrogen) atoms. The number of rotatable bonds is 5. The van der Waals surface area contributed by atoms with Crippen molar-refractivity contribution in [1.29, 1.82) is 0 Å². The Kier molecular flexibility index (Phi) is 5.61. The van der Waals surface area contributed by atoms with Crippen LogP contribution in [0.15, 0.2) is 41.7 Å². The lowest BCUT2D eigenvalue weighted by Gasteiger charge is -2.13. The summed E-state index contributed by atoms with van der Waals surface area (Å²) in [6.45, 7) is 1.39. The summed E-state index contributed by atoms with van der Waals surface area (Å²) in [6.07, 6.45) is 4.30. The summed E-state index contributed by atoms with van der Waals surface area (Å²) in [5.74, 6) is 0.590. The smallest absolute Gasteiger partial charge is 0.246 e. The minimum Gasteiger partial charge on any atom is -0.610 e. The summed E-state index contributed by atoms with van der Waals surface area (Å²) in [6, 6.07) is 6.75. The highest BCUT2D eigenvalue weighted by Gasteiger charge is 2.11. The molecular formula is C15H18N6O2S. The van der Waals surface area contributed by atoms with Crippen LogP contribution in [0.1, 0.15) is 12.5 Å². The van der Waals surface area contributed by atoms with Crippen LogP contribution in [-0.2, 0) is 16.0 Å². The molecule has 2 rings (SSSR count). The van der Waals surface area contributed by atoms with Gasteiger partial charge in [0.25, 0.3) is 0 Å². The molecule has 6 N–H and O–H groups in total. The maximum Gasteiger partial charge on any atom is 0.246 e. The molecule has 0 saturated heterocycles. The number of aromatic nitrogens is 2. The first-order valence-electron chi connectivity index (χ1n) is 6.93. The van der Waals surface area contributed by atoms with Crippen LogP contribution in [0, 0.1) is 0 Å². The lowest BCUT2D eigenvalue weighted by molar-refractivity contribution is -0.114. The van der Waals surface area contributed by atoms with Gasteiger partial charge >= 0.3 is 0 Å². The topological polar surface area (TPSA) is 142 Å². The molecule has 0 aliphatic rings. The highest BCUT2D eigenvalue weighted by molar-refractivity contribution is 7.90. The van der Waals surface area contributed by atoms with Crippen LogP contribution in [0.25, 0.3) is 5.70 Å². The van der Waals surface area contributed by atoms with Crippen LogP contribution >= 0.6 is 0 Å². The van der Waals surface area contributed by atoms with Crippen LogP contribution in [0.5, 0.6) is 0 Å². The maximum absolute atomic E-state index is 11.6. The number of nitrogens with zero attached hydrogens (tertiary/aromatic N) is 2. The first-order chi connectivity index (χ1) is 11.4. The summed E-state index contributed by atoms with van der Waals surface area (Å²) in [4.78, 5) is 19.6.